The molecule has 0 bridgehead atoms. The third kappa shape index (κ3) is 2.13. The Morgan fingerprint density at radius 3 is 2.58 bits per heavy atom. The molecule has 1 aromatic rings. The van der Waals surface area contributed by atoms with Gasteiger partial charge in [-0.3, -0.25) is 0 Å². The van der Waals surface area contributed by atoms with Crippen molar-refractivity contribution in [2.45, 2.75) is 6.42 Å². The van der Waals surface area contributed by atoms with Gasteiger partial charge in [-0.25, -0.2) is 0 Å². The number of rotatable bonds is 1. The molecular formula is C8H4BrCl2N. The number of benzene rings is 1. The number of hydrogen-bond donors (Lipinski definition) is 0. The third-order valence-corrected chi connectivity index (χ3v) is 2.91. The lowest BCUT2D eigenvalue weighted by Crippen LogP contribution is -1.84. The summed E-state index contributed by atoms with van der Waals surface area (Å²) in [7, 11) is 0. The molecule has 0 amide bonds. The van der Waals surface area contributed by atoms with Gasteiger partial charge < -0.3 is 0 Å². The Kier molecular flexibility index (Phi) is 3.39. The Morgan fingerprint density at radius 2 is 2.00 bits per heavy atom. The molecule has 0 aliphatic carbocycles. The highest BCUT2D eigenvalue weighted by Crippen LogP contribution is 2.29. The van der Waals surface area contributed by atoms with E-state index >= 15 is 0 Å². The van der Waals surface area contributed by atoms with Crippen molar-refractivity contribution in [2.24, 2.45) is 0 Å². The van der Waals surface area contributed by atoms with Gasteiger partial charge in [0.15, 0.2) is 0 Å². The van der Waals surface area contributed by atoms with Gasteiger partial charge in [-0.2, -0.15) is 5.26 Å². The van der Waals surface area contributed by atoms with Gasteiger partial charge in [-0.05, 0) is 33.6 Å². The number of nitrogens with zero attached hydrogens (tertiary/aromatic N) is 1. The van der Waals surface area contributed by atoms with E-state index in [-0.39, 0.29) is 0 Å². The van der Waals surface area contributed by atoms with Crippen molar-refractivity contribution in [1.82, 2.24) is 0 Å². The van der Waals surface area contributed by atoms with Crippen molar-refractivity contribution in [2.75, 3.05) is 0 Å². The zero-order chi connectivity index (χ0) is 9.14. The summed E-state index contributed by atoms with van der Waals surface area (Å²) in [5.41, 5.74) is 0.787. The van der Waals surface area contributed by atoms with Crippen molar-refractivity contribution in [1.29, 1.82) is 5.26 Å². The molecule has 0 aliphatic heterocycles. The molecule has 0 fully saturated rings. The molecule has 1 nitrogen and oxygen atoms in total. The first kappa shape index (κ1) is 9.85. The lowest BCUT2D eigenvalue weighted by molar-refractivity contribution is 1.26. The highest BCUT2D eigenvalue weighted by Gasteiger charge is 2.04. The minimum Gasteiger partial charge on any atom is -0.198 e. The van der Waals surface area contributed by atoms with Crippen molar-refractivity contribution in [3.05, 3.63) is 32.2 Å². The summed E-state index contributed by atoms with van der Waals surface area (Å²) < 4.78 is 0.763. The predicted molar refractivity (Wildman–Crippen MR) is 53.5 cm³/mol. The molecule has 4 heteroatoms. The van der Waals surface area contributed by atoms with Crippen molar-refractivity contribution >= 4 is 39.1 Å². The second kappa shape index (κ2) is 4.13. The SMILES string of the molecule is N#CCc1cc(Br)c(Cl)cc1Cl. The summed E-state index contributed by atoms with van der Waals surface area (Å²) in [6.07, 6.45) is 0.300. The van der Waals surface area contributed by atoms with E-state index in [2.05, 4.69) is 15.9 Å². The smallest absolute Gasteiger partial charge is 0.0670 e. The molecule has 0 aliphatic rings. The minimum absolute atomic E-state index is 0.300. The van der Waals surface area contributed by atoms with Gasteiger partial charge in [0.2, 0.25) is 0 Å². The largest absolute Gasteiger partial charge is 0.198 e. The summed E-state index contributed by atoms with van der Waals surface area (Å²) >= 11 is 14.8. The van der Waals surface area contributed by atoms with Gasteiger partial charge in [0.05, 0.1) is 17.5 Å². The molecule has 0 aromatic heterocycles. The molecule has 0 radical (unpaired) electrons. The zero-order valence-corrected chi connectivity index (χ0v) is 9.04. The second-order valence-electron chi connectivity index (χ2n) is 2.19. The topological polar surface area (TPSA) is 23.8 Å². The lowest BCUT2D eigenvalue weighted by atomic mass is 10.2. The van der Waals surface area contributed by atoms with Crippen LogP contribution in [0.1, 0.15) is 5.56 Å². The van der Waals surface area contributed by atoms with Gasteiger partial charge in [-0.1, -0.05) is 23.2 Å². The van der Waals surface area contributed by atoms with E-state index in [1.807, 2.05) is 6.07 Å². The maximum Gasteiger partial charge on any atom is 0.0670 e. The quantitative estimate of drug-likeness (QED) is 0.708. The van der Waals surface area contributed by atoms with Crippen molar-refractivity contribution < 1.29 is 0 Å². The Balaban J connectivity index is 3.16. The Labute approximate surface area is 89.0 Å². The molecule has 0 N–H and O–H groups in total. The standard InChI is InChI=1S/C8H4BrCl2N/c9-6-3-5(1-2-12)7(10)4-8(6)11/h3-4H,1H2. The summed E-state index contributed by atoms with van der Waals surface area (Å²) in [4.78, 5) is 0. The first-order valence-electron chi connectivity index (χ1n) is 3.15. The highest BCUT2D eigenvalue weighted by atomic mass is 79.9. The predicted octanol–water partition coefficient (Wildman–Crippen LogP) is 3.82. The summed E-state index contributed by atoms with van der Waals surface area (Å²) in [5, 5.41) is 9.54. The maximum absolute atomic E-state index is 8.45. The maximum atomic E-state index is 8.45. The van der Waals surface area contributed by atoms with Crippen molar-refractivity contribution in [3.8, 4) is 6.07 Å². The van der Waals surface area contributed by atoms with Crippen molar-refractivity contribution in [3.63, 3.8) is 0 Å². The van der Waals surface area contributed by atoms with Crippen LogP contribution in [0.25, 0.3) is 0 Å². The summed E-state index contributed by atoms with van der Waals surface area (Å²) in [6.45, 7) is 0. The number of halogens is 3. The molecule has 1 rings (SSSR count). The van der Waals surface area contributed by atoms with Gasteiger partial charge in [0.25, 0.3) is 0 Å². The molecule has 12 heavy (non-hydrogen) atoms. The van der Waals surface area contributed by atoms with Crippen LogP contribution in [0.4, 0.5) is 0 Å². The van der Waals surface area contributed by atoms with E-state index < -0.39 is 0 Å². The molecule has 0 spiro atoms. The highest BCUT2D eigenvalue weighted by molar-refractivity contribution is 9.10. The van der Waals surface area contributed by atoms with E-state index in [0.717, 1.165) is 10.0 Å². The normalized spacial score (nSPS) is 9.50. The third-order valence-electron chi connectivity index (χ3n) is 1.36. The van der Waals surface area contributed by atoms with E-state index in [1.165, 1.54) is 0 Å². The Hall–Kier alpha value is -0.230. The van der Waals surface area contributed by atoms with Crippen LogP contribution in [-0.4, -0.2) is 0 Å². The fraction of sp³-hybridized carbons (Fsp3) is 0.125. The number of nitriles is 1. The molecule has 0 unspecified atom stereocenters. The van der Waals surface area contributed by atoms with Crippen LogP contribution in [0.15, 0.2) is 16.6 Å². The molecule has 0 saturated heterocycles. The first-order chi connectivity index (χ1) is 5.65. The lowest BCUT2D eigenvalue weighted by Gasteiger charge is -2.01. The van der Waals surface area contributed by atoms with E-state index in [0.29, 0.717) is 16.5 Å². The first-order valence-corrected chi connectivity index (χ1v) is 4.70. The average Bonchev–Trinajstić information content (AvgIpc) is 2.01. The molecule has 1 aromatic carbocycles. The van der Waals surface area contributed by atoms with E-state index in [9.17, 15) is 0 Å². The number of hydrogen-bond acceptors (Lipinski definition) is 1. The minimum atomic E-state index is 0.300. The van der Waals surface area contributed by atoms with Crippen LogP contribution in [-0.2, 0) is 6.42 Å². The summed E-state index contributed by atoms with van der Waals surface area (Å²) in [5.74, 6) is 0. The Morgan fingerprint density at radius 1 is 1.33 bits per heavy atom. The van der Waals surface area contributed by atoms with E-state index in [4.69, 9.17) is 28.5 Å². The monoisotopic (exact) mass is 263 g/mol. The van der Waals surface area contributed by atoms with Crippen LogP contribution in [0, 0.1) is 11.3 Å². The average molecular weight is 265 g/mol. The van der Waals surface area contributed by atoms with Gasteiger partial charge in [0, 0.05) is 9.50 Å². The molecule has 0 saturated carbocycles. The second-order valence-corrected chi connectivity index (χ2v) is 3.86. The Bertz CT molecular complexity index is 344. The van der Waals surface area contributed by atoms with E-state index in [1.54, 1.807) is 12.1 Å². The summed E-state index contributed by atoms with van der Waals surface area (Å²) in [6, 6.07) is 5.41. The van der Waals surface area contributed by atoms with Crippen LogP contribution in [0.2, 0.25) is 10.0 Å². The molecular weight excluding hydrogens is 261 g/mol. The zero-order valence-electron chi connectivity index (χ0n) is 5.94. The fourth-order valence-electron chi connectivity index (χ4n) is 0.784. The van der Waals surface area contributed by atoms with Gasteiger partial charge in [0.1, 0.15) is 0 Å². The molecule has 62 valence electrons. The fourth-order valence-corrected chi connectivity index (χ4v) is 1.63. The van der Waals surface area contributed by atoms with Gasteiger partial charge in [-0.15, -0.1) is 0 Å². The van der Waals surface area contributed by atoms with Crippen LogP contribution >= 0.6 is 39.1 Å². The van der Waals surface area contributed by atoms with Gasteiger partial charge >= 0.3 is 0 Å². The van der Waals surface area contributed by atoms with Crippen LogP contribution < -0.4 is 0 Å². The molecule has 0 atom stereocenters. The van der Waals surface area contributed by atoms with Crippen LogP contribution in [0.3, 0.4) is 0 Å². The molecule has 0 heterocycles. The van der Waals surface area contributed by atoms with Crippen LogP contribution in [0.5, 0.6) is 0 Å².